The highest BCUT2D eigenvalue weighted by Gasteiger charge is 2.40. The summed E-state index contributed by atoms with van der Waals surface area (Å²) in [6.07, 6.45) is 2.30. The first-order valence-corrected chi connectivity index (χ1v) is 5.59. The Balaban J connectivity index is 2.28. The average molecular weight is 209 g/mol. The number of rotatable bonds is 2. The molecule has 1 aliphatic rings. The lowest BCUT2D eigenvalue weighted by Gasteiger charge is -2.27. The molecule has 1 aromatic rings. The van der Waals surface area contributed by atoms with Crippen LogP contribution in [0.1, 0.15) is 51.2 Å². The fourth-order valence-corrected chi connectivity index (χ4v) is 2.06. The van der Waals surface area contributed by atoms with Crippen molar-refractivity contribution >= 4 is 0 Å². The smallest absolute Gasteiger partial charge is 0.246 e. The number of hydrogen-bond acceptors (Lipinski definition) is 4. The second-order valence-electron chi connectivity index (χ2n) is 4.91. The van der Waals surface area contributed by atoms with Crippen molar-refractivity contribution in [1.82, 2.24) is 15.0 Å². The summed E-state index contributed by atoms with van der Waals surface area (Å²) >= 11 is 0. The van der Waals surface area contributed by atoms with Crippen molar-refractivity contribution in [3.05, 3.63) is 11.7 Å². The Morgan fingerprint density at radius 1 is 1.47 bits per heavy atom. The number of nitrogens with zero attached hydrogens (tertiary/aromatic N) is 3. The molecule has 4 heteroatoms. The SMILES string of the molecule is CC(C)c1noc(C2(C)CCCN2C)n1. The van der Waals surface area contributed by atoms with Gasteiger partial charge in [0.15, 0.2) is 5.82 Å². The zero-order valence-electron chi connectivity index (χ0n) is 9.95. The van der Waals surface area contributed by atoms with Crippen LogP contribution in [0, 0.1) is 0 Å². The lowest BCUT2D eigenvalue weighted by atomic mass is 9.99. The topological polar surface area (TPSA) is 42.2 Å². The van der Waals surface area contributed by atoms with Gasteiger partial charge in [0, 0.05) is 5.92 Å². The lowest BCUT2D eigenvalue weighted by Crippen LogP contribution is -2.35. The van der Waals surface area contributed by atoms with Gasteiger partial charge in [-0.15, -0.1) is 0 Å². The van der Waals surface area contributed by atoms with Crippen molar-refractivity contribution in [3.63, 3.8) is 0 Å². The van der Waals surface area contributed by atoms with Crippen LogP contribution >= 0.6 is 0 Å². The van der Waals surface area contributed by atoms with E-state index in [4.69, 9.17) is 4.52 Å². The van der Waals surface area contributed by atoms with Crippen LogP contribution in [0.15, 0.2) is 4.52 Å². The second-order valence-corrected chi connectivity index (χ2v) is 4.91. The van der Waals surface area contributed by atoms with Gasteiger partial charge in [0.1, 0.15) is 0 Å². The molecule has 1 saturated heterocycles. The quantitative estimate of drug-likeness (QED) is 0.748. The fraction of sp³-hybridized carbons (Fsp3) is 0.818. The average Bonchev–Trinajstić information content (AvgIpc) is 2.75. The summed E-state index contributed by atoms with van der Waals surface area (Å²) in [7, 11) is 2.12. The largest absolute Gasteiger partial charge is 0.337 e. The minimum atomic E-state index is -0.0554. The third-order valence-electron chi connectivity index (χ3n) is 3.42. The Morgan fingerprint density at radius 3 is 2.67 bits per heavy atom. The van der Waals surface area contributed by atoms with Crippen LogP contribution in [0.4, 0.5) is 0 Å². The maximum absolute atomic E-state index is 5.38. The number of hydrogen-bond donors (Lipinski definition) is 0. The van der Waals surface area contributed by atoms with E-state index < -0.39 is 0 Å². The van der Waals surface area contributed by atoms with E-state index in [1.807, 2.05) is 0 Å². The summed E-state index contributed by atoms with van der Waals surface area (Å²) in [6, 6.07) is 0. The molecule has 2 rings (SSSR count). The molecular formula is C11H19N3O. The Morgan fingerprint density at radius 2 is 2.20 bits per heavy atom. The first-order valence-electron chi connectivity index (χ1n) is 5.59. The summed E-state index contributed by atoms with van der Waals surface area (Å²) in [6.45, 7) is 7.44. The van der Waals surface area contributed by atoms with Gasteiger partial charge < -0.3 is 4.52 Å². The molecule has 4 nitrogen and oxygen atoms in total. The first-order chi connectivity index (χ1) is 7.04. The zero-order valence-corrected chi connectivity index (χ0v) is 9.95. The van der Waals surface area contributed by atoms with Crippen molar-refractivity contribution in [2.75, 3.05) is 13.6 Å². The zero-order chi connectivity index (χ0) is 11.1. The molecule has 0 bridgehead atoms. The van der Waals surface area contributed by atoms with Gasteiger partial charge in [-0.2, -0.15) is 4.98 Å². The predicted octanol–water partition coefficient (Wildman–Crippen LogP) is 2.13. The fourth-order valence-electron chi connectivity index (χ4n) is 2.06. The summed E-state index contributed by atoms with van der Waals surface area (Å²) in [5.41, 5.74) is -0.0554. The maximum atomic E-state index is 5.38. The molecule has 84 valence electrons. The minimum absolute atomic E-state index is 0.0554. The van der Waals surface area contributed by atoms with Gasteiger partial charge in [-0.25, -0.2) is 0 Å². The molecule has 1 unspecified atom stereocenters. The molecule has 1 atom stereocenters. The number of aromatic nitrogens is 2. The highest BCUT2D eigenvalue weighted by Crippen LogP contribution is 2.36. The summed E-state index contributed by atoms with van der Waals surface area (Å²) < 4.78 is 5.38. The minimum Gasteiger partial charge on any atom is -0.337 e. The monoisotopic (exact) mass is 209 g/mol. The molecule has 0 amide bonds. The molecule has 2 heterocycles. The highest BCUT2D eigenvalue weighted by molar-refractivity contribution is 5.06. The van der Waals surface area contributed by atoms with Crippen molar-refractivity contribution in [2.45, 2.75) is 45.1 Å². The van der Waals surface area contributed by atoms with Crippen molar-refractivity contribution in [1.29, 1.82) is 0 Å². The van der Waals surface area contributed by atoms with Crippen molar-refractivity contribution < 1.29 is 4.52 Å². The second kappa shape index (κ2) is 3.59. The molecule has 0 aliphatic carbocycles. The van der Waals surface area contributed by atoms with Gasteiger partial charge in [-0.3, -0.25) is 4.90 Å². The summed E-state index contributed by atoms with van der Waals surface area (Å²) in [4.78, 5) is 6.79. The third kappa shape index (κ3) is 1.67. The molecule has 0 aromatic carbocycles. The molecular weight excluding hydrogens is 190 g/mol. The van der Waals surface area contributed by atoms with Crippen LogP contribution in [-0.4, -0.2) is 28.6 Å². The molecule has 1 aromatic heterocycles. The molecule has 15 heavy (non-hydrogen) atoms. The summed E-state index contributed by atoms with van der Waals surface area (Å²) in [5.74, 6) is 1.91. The first kappa shape index (κ1) is 10.6. The van der Waals surface area contributed by atoms with Crippen LogP contribution in [0.25, 0.3) is 0 Å². The lowest BCUT2D eigenvalue weighted by molar-refractivity contribution is 0.143. The Kier molecular flexibility index (Phi) is 2.54. The Bertz CT molecular complexity index is 347. The Hall–Kier alpha value is -0.900. The standard InChI is InChI=1S/C11H19N3O/c1-8(2)9-12-10(15-13-9)11(3)6-5-7-14(11)4/h8H,5-7H2,1-4H3. The normalized spacial score (nSPS) is 27.8. The molecule has 0 saturated carbocycles. The molecule has 0 N–H and O–H groups in total. The van der Waals surface area contributed by atoms with E-state index in [2.05, 4.69) is 42.9 Å². The third-order valence-corrected chi connectivity index (χ3v) is 3.42. The Labute approximate surface area is 90.7 Å². The summed E-state index contributed by atoms with van der Waals surface area (Å²) in [5, 5.41) is 4.03. The van der Waals surface area contributed by atoms with Crippen LogP contribution < -0.4 is 0 Å². The van der Waals surface area contributed by atoms with E-state index >= 15 is 0 Å². The van der Waals surface area contributed by atoms with E-state index in [-0.39, 0.29) is 5.54 Å². The van der Waals surface area contributed by atoms with E-state index in [1.54, 1.807) is 0 Å². The molecule has 1 aliphatic heterocycles. The molecule has 0 radical (unpaired) electrons. The van der Waals surface area contributed by atoms with E-state index in [9.17, 15) is 0 Å². The van der Waals surface area contributed by atoms with Crippen LogP contribution in [-0.2, 0) is 5.54 Å². The van der Waals surface area contributed by atoms with Gasteiger partial charge in [-0.1, -0.05) is 19.0 Å². The van der Waals surface area contributed by atoms with Gasteiger partial charge in [0.25, 0.3) is 0 Å². The van der Waals surface area contributed by atoms with Gasteiger partial charge in [0.05, 0.1) is 5.54 Å². The molecule has 1 fully saturated rings. The van der Waals surface area contributed by atoms with Crippen LogP contribution in [0.3, 0.4) is 0 Å². The predicted molar refractivity (Wildman–Crippen MR) is 57.6 cm³/mol. The van der Waals surface area contributed by atoms with Crippen molar-refractivity contribution in [2.24, 2.45) is 0 Å². The van der Waals surface area contributed by atoms with E-state index in [0.717, 1.165) is 24.7 Å². The van der Waals surface area contributed by atoms with Gasteiger partial charge in [-0.05, 0) is 33.4 Å². The van der Waals surface area contributed by atoms with E-state index in [1.165, 1.54) is 6.42 Å². The van der Waals surface area contributed by atoms with Crippen LogP contribution in [0.2, 0.25) is 0 Å². The maximum Gasteiger partial charge on any atom is 0.246 e. The van der Waals surface area contributed by atoms with Crippen molar-refractivity contribution in [3.8, 4) is 0 Å². The van der Waals surface area contributed by atoms with Crippen LogP contribution in [0.5, 0.6) is 0 Å². The van der Waals surface area contributed by atoms with E-state index in [0.29, 0.717) is 5.92 Å². The van der Waals surface area contributed by atoms with Gasteiger partial charge >= 0.3 is 0 Å². The number of likely N-dealkylation sites (tertiary alicyclic amines) is 1. The van der Waals surface area contributed by atoms with Gasteiger partial charge in [0.2, 0.25) is 5.89 Å². The highest BCUT2D eigenvalue weighted by atomic mass is 16.5. The molecule has 0 spiro atoms.